The molecule has 0 atom stereocenters. The fraction of sp³-hybridized carbons (Fsp3) is 0.333. The number of nitrogens with zero attached hydrogens (tertiary/aromatic N) is 2. The van der Waals surface area contributed by atoms with Gasteiger partial charge in [-0.25, -0.2) is 0 Å². The third kappa shape index (κ3) is 2.93. The molecule has 5 heteroatoms. The third-order valence-corrected chi connectivity index (χ3v) is 3.85. The SMILES string of the molecule is CCN(CC)C(=O)Cn1ccc(=O)c2cc(Br)ccc21. The molecule has 0 aliphatic carbocycles. The van der Waals surface area contributed by atoms with Crippen LogP contribution < -0.4 is 5.43 Å². The van der Waals surface area contributed by atoms with Crippen molar-refractivity contribution in [2.45, 2.75) is 20.4 Å². The number of rotatable bonds is 4. The number of pyridine rings is 1. The van der Waals surface area contributed by atoms with Crippen LogP contribution >= 0.6 is 15.9 Å². The molecule has 0 N–H and O–H groups in total. The number of carbonyl (C=O) groups is 1. The average molecular weight is 337 g/mol. The Kier molecular flexibility index (Phi) is 4.60. The van der Waals surface area contributed by atoms with E-state index < -0.39 is 0 Å². The van der Waals surface area contributed by atoms with Crippen molar-refractivity contribution in [2.75, 3.05) is 13.1 Å². The molecule has 0 aliphatic rings. The normalized spacial score (nSPS) is 10.8. The zero-order valence-electron chi connectivity index (χ0n) is 11.6. The summed E-state index contributed by atoms with van der Waals surface area (Å²) in [5, 5.41) is 0.620. The van der Waals surface area contributed by atoms with Crippen molar-refractivity contribution >= 4 is 32.7 Å². The second-order valence-electron chi connectivity index (χ2n) is 4.54. The molecular weight excluding hydrogens is 320 g/mol. The minimum absolute atomic E-state index is 0.0344. The average Bonchev–Trinajstić information content (AvgIpc) is 2.43. The molecule has 1 aromatic carbocycles. The Morgan fingerprint density at radius 2 is 1.95 bits per heavy atom. The fourth-order valence-electron chi connectivity index (χ4n) is 2.24. The van der Waals surface area contributed by atoms with E-state index in [-0.39, 0.29) is 17.9 Å². The first-order valence-electron chi connectivity index (χ1n) is 6.63. The van der Waals surface area contributed by atoms with Crippen LogP contribution in [0.2, 0.25) is 0 Å². The highest BCUT2D eigenvalue weighted by atomic mass is 79.9. The monoisotopic (exact) mass is 336 g/mol. The van der Waals surface area contributed by atoms with Crippen molar-refractivity contribution in [3.05, 3.63) is 45.2 Å². The number of likely N-dealkylation sites (N-methyl/N-ethyl adjacent to an activating group) is 1. The highest BCUT2D eigenvalue weighted by molar-refractivity contribution is 9.10. The summed E-state index contributed by atoms with van der Waals surface area (Å²) >= 11 is 3.36. The largest absolute Gasteiger partial charge is 0.342 e. The van der Waals surface area contributed by atoms with E-state index in [1.165, 1.54) is 6.07 Å². The molecule has 4 nitrogen and oxygen atoms in total. The van der Waals surface area contributed by atoms with Crippen molar-refractivity contribution in [3.63, 3.8) is 0 Å². The first-order chi connectivity index (χ1) is 9.56. The van der Waals surface area contributed by atoms with Crippen LogP contribution in [0.15, 0.2) is 39.7 Å². The second kappa shape index (κ2) is 6.22. The molecule has 106 valence electrons. The summed E-state index contributed by atoms with van der Waals surface area (Å²) in [6, 6.07) is 7.02. The van der Waals surface area contributed by atoms with Gasteiger partial charge in [-0.1, -0.05) is 15.9 Å². The minimum atomic E-state index is -0.0344. The maximum Gasteiger partial charge on any atom is 0.242 e. The fourth-order valence-corrected chi connectivity index (χ4v) is 2.60. The number of amides is 1. The Bertz CT molecular complexity index is 690. The Morgan fingerprint density at radius 3 is 2.60 bits per heavy atom. The number of halogens is 1. The predicted octanol–water partition coefficient (Wildman–Crippen LogP) is 2.63. The van der Waals surface area contributed by atoms with Gasteiger partial charge in [-0.2, -0.15) is 0 Å². The maximum absolute atomic E-state index is 12.2. The lowest BCUT2D eigenvalue weighted by Gasteiger charge is -2.20. The van der Waals surface area contributed by atoms with E-state index in [1.807, 2.05) is 30.5 Å². The Morgan fingerprint density at radius 1 is 1.25 bits per heavy atom. The standard InChI is InChI=1S/C15H17BrN2O2/c1-3-17(4-2)15(20)10-18-8-7-14(19)12-9-11(16)5-6-13(12)18/h5-9H,3-4,10H2,1-2H3. The minimum Gasteiger partial charge on any atom is -0.342 e. The van der Waals surface area contributed by atoms with Crippen molar-refractivity contribution in [1.29, 1.82) is 0 Å². The first kappa shape index (κ1) is 14.8. The van der Waals surface area contributed by atoms with Crippen LogP contribution in [-0.2, 0) is 11.3 Å². The molecule has 20 heavy (non-hydrogen) atoms. The quantitative estimate of drug-likeness (QED) is 0.861. The van der Waals surface area contributed by atoms with Gasteiger partial charge < -0.3 is 9.47 Å². The molecule has 1 aromatic heterocycles. The molecule has 0 bridgehead atoms. The molecule has 2 rings (SSSR count). The van der Waals surface area contributed by atoms with Crippen LogP contribution in [0.1, 0.15) is 13.8 Å². The number of hydrogen-bond donors (Lipinski definition) is 0. The van der Waals surface area contributed by atoms with Gasteiger partial charge in [0.25, 0.3) is 0 Å². The molecule has 0 spiro atoms. The lowest BCUT2D eigenvalue weighted by Crippen LogP contribution is -2.33. The Labute approximate surface area is 126 Å². The summed E-state index contributed by atoms with van der Waals surface area (Å²) in [6.07, 6.45) is 1.68. The van der Waals surface area contributed by atoms with E-state index in [0.29, 0.717) is 18.5 Å². The topological polar surface area (TPSA) is 42.3 Å². The van der Waals surface area contributed by atoms with Crippen molar-refractivity contribution in [1.82, 2.24) is 9.47 Å². The summed E-state index contributed by atoms with van der Waals surface area (Å²) in [7, 11) is 0. The molecule has 0 unspecified atom stereocenters. The molecular formula is C15H17BrN2O2. The van der Waals surface area contributed by atoms with Gasteiger partial charge >= 0.3 is 0 Å². The number of hydrogen-bond acceptors (Lipinski definition) is 2. The summed E-state index contributed by atoms with van der Waals surface area (Å²) in [6.45, 7) is 5.56. The summed E-state index contributed by atoms with van der Waals surface area (Å²) in [5.74, 6) is 0.0582. The molecule has 0 aliphatic heterocycles. The van der Waals surface area contributed by atoms with Crippen molar-refractivity contribution in [3.8, 4) is 0 Å². The zero-order chi connectivity index (χ0) is 14.7. The number of carbonyl (C=O) groups excluding carboxylic acids is 1. The molecule has 1 amide bonds. The van der Waals surface area contributed by atoms with Gasteiger partial charge in [-0.15, -0.1) is 0 Å². The molecule has 0 fully saturated rings. The number of fused-ring (bicyclic) bond motifs is 1. The molecule has 0 saturated heterocycles. The van der Waals surface area contributed by atoms with Gasteiger partial charge in [-0.05, 0) is 32.0 Å². The number of benzene rings is 1. The van der Waals surface area contributed by atoms with Gasteiger partial charge in [0.05, 0.1) is 5.52 Å². The van der Waals surface area contributed by atoms with Crippen LogP contribution in [0.4, 0.5) is 0 Å². The van der Waals surface area contributed by atoms with E-state index in [2.05, 4.69) is 15.9 Å². The van der Waals surface area contributed by atoms with E-state index in [1.54, 1.807) is 17.2 Å². The van der Waals surface area contributed by atoms with Crippen molar-refractivity contribution in [2.24, 2.45) is 0 Å². The Hall–Kier alpha value is -1.62. The predicted molar refractivity (Wildman–Crippen MR) is 83.8 cm³/mol. The van der Waals surface area contributed by atoms with Crippen molar-refractivity contribution < 1.29 is 4.79 Å². The van der Waals surface area contributed by atoms with Crippen LogP contribution in [0, 0.1) is 0 Å². The third-order valence-electron chi connectivity index (χ3n) is 3.36. The van der Waals surface area contributed by atoms with Crippen LogP contribution in [0.3, 0.4) is 0 Å². The lowest BCUT2D eigenvalue weighted by molar-refractivity contribution is -0.131. The van der Waals surface area contributed by atoms with E-state index in [9.17, 15) is 9.59 Å². The highest BCUT2D eigenvalue weighted by Crippen LogP contribution is 2.17. The summed E-state index contributed by atoms with van der Waals surface area (Å²) < 4.78 is 2.68. The van der Waals surface area contributed by atoms with Gasteiger partial charge in [-0.3, -0.25) is 9.59 Å². The zero-order valence-corrected chi connectivity index (χ0v) is 13.2. The lowest BCUT2D eigenvalue weighted by atomic mass is 10.2. The smallest absolute Gasteiger partial charge is 0.242 e. The summed E-state index contributed by atoms with van der Waals surface area (Å²) in [4.78, 5) is 25.9. The van der Waals surface area contributed by atoms with Gasteiger partial charge in [0, 0.05) is 35.2 Å². The van der Waals surface area contributed by atoms with Gasteiger partial charge in [0.1, 0.15) is 6.54 Å². The van der Waals surface area contributed by atoms with Crippen LogP contribution in [0.5, 0.6) is 0 Å². The molecule has 1 heterocycles. The van der Waals surface area contributed by atoms with E-state index >= 15 is 0 Å². The highest BCUT2D eigenvalue weighted by Gasteiger charge is 2.11. The van der Waals surface area contributed by atoms with Gasteiger partial charge in [0.2, 0.25) is 5.91 Å². The molecule has 2 aromatic rings. The Balaban J connectivity index is 2.43. The first-order valence-corrected chi connectivity index (χ1v) is 7.42. The van der Waals surface area contributed by atoms with Crippen LogP contribution in [-0.4, -0.2) is 28.5 Å². The maximum atomic E-state index is 12.2. The summed E-state index contributed by atoms with van der Waals surface area (Å²) in [5.41, 5.74) is 0.744. The number of aromatic nitrogens is 1. The second-order valence-corrected chi connectivity index (χ2v) is 5.45. The molecule has 0 radical (unpaired) electrons. The van der Waals surface area contributed by atoms with E-state index in [0.717, 1.165) is 9.99 Å². The molecule has 0 saturated carbocycles. The van der Waals surface area contributed by atoms with Crippen LogP contribution in [0.25, 0.3) is 10.9 Å². The van der Waals surface area contributed by atoms with Gasteiger partial charge in [0.15, 0.2) is 5.43 Å². The van der Waals surface area contributed by atoms with E-state index in [4.69, 9.17) is 0 Å².